The molecule has 0 radical (unpaired) electrons. The molecule has 0 amide bonds. The predicted molar refractivity (Wildman–Crippen MR) is 95.6 cm³/mol. The number of hydrogen-bond donors (Lipinski definition) is 0. The van der Waals surface area contributed by atoms with E-state index in [9.17, 15) is 8.42 Å². The van der Waals surface area contributed by atoms with E-state index in [0.29, 0.717) is 15.1 Å². The Morgan fingerprint density at radius 1 is 1.17 bits per heavy atom. The van der Waals surface area contributed by atoms with Crippen molar-refractivity contribution in [1.82, 2.24) is 4.31 Å². The minimum atomic E-state index is -3.51. The van der Waals surface area contributed by atoms with Crippen LogP contribution in [0.5, 0.6) is 0 Å². The van der Waals surface area contributed by atoms with Crippen LogP contribution in [0.2, 0.25) is 4.34 Å². The molecule has 0 N–H and O–H groups in total. The molecule has 1 aliphatic rings. The summed E-state index contributed by atoms with van der Waals surface area (Å²) in [5.74, 6) is 0. The number of hydrogen-bond acceptors (Lipinski definition) is 3. The second-order valence-corrected chi connectivity index (χ2v) is 9.79. The third-order valence-electron chi connectivity index (χ3n) is 4.24. The van der Waals surface area contributed by atoms with Gasteiger partial charge < -0.3 is 0 Å². The van der Waals surface area contributed by atoms with Crippen molar-refractivity contribution in [1.29, 1.82) is 0 Å². The zero-order chi connectivity index (χ0) is 16.4. The molecule has 0 aliphatic carbocycles. The van der Waals surface area contributed by atoms with Crippen LogP contribution in [-0.4, -0.2) is 19.3 Å². The van der Waals surface area contributed by atoms with Gasteiger partial charge >= 0.3 is 0 Å². The second-order valence-electron chi connectivity index (χ2n) is 5.95. The molecule has 0 spiro atoms. The Morgan fingerprint density at radius 2 is 2.00 bits per heavy atom. The van der Waals surface area contributed by atoms with Crippen molar-refractivity contribution in [3.63, 3.8) is 0 Å². The van der Waals surface area contributed by atoms with Gasteiger partial charge in [-0.3, -0.25) is 0 Å². The van der Waals surface area contributed by atoms with E-state index in [2.05, 4.69) is 6.07 Å². The maximum Gasteiger partial charge on any atom is 0.253 e. The molecule has 3 nitrogen and oxygen atoms in total. The second kappa shape index (κ2) is 6.93. The van der Waals surface area contributed by atoms with Crippen molar-refractivity contribution >= 4 is 33.0 Å². The van der Waals surface area contributed by atoms with Crippen LogP contribution in [0.15, 0.2) is 40.6 Å². The monoisotopic (exact) mass is 369 g/mol. The normalized spacial score (nSPS) is 20.3. The van der Waals surface area contributed by atoms with E-state index in [4.69, 9.17) is 11.6 Å². The zero-order valence-corrected chi connectivity index (χ0v) is 15.4. The van der Waals surface area contributed by atoms with Gasteiger partial charge in [-0.05, 0) is 37.5 Å². The highest BCUT2D eigenvalue weighted by molar-refractivity contribution is 7.91. The summed E-state index contributed by atoms with van der Waals surface area (Å²) in [6, 6.07) is 11.3. The van der Waals surface area contributed by atoms with Crippen molar-refractivity contribution in [2.75, 3.05) is 6.54 Å². The highest BCUT2D eigenvalue weighted by Crippen LogP contribution is 2.37. The van der Waals surface area contributed by atoms with Crippen LogP contribution in [0.25, 0.3) is 0 Å². The van der Waals surface area contributed by atoms with E-state index in [1.54, 1.807) is 16.4 Å². The maximum absolute atomic E-state index is 13.1. The summed E-state index contributed by atoms with van der Waals surface area (Å²) in [6.07, 6.45) is 3.89. The average molecular weight is 370 g/mol. The Labute approximate surface area is 147 Å². The van der Waals surface area contributed by atoms with Crippen molar-refractivity contribution in [2.24, 2.45) is 0 Å². The van der Waals surface area contributed by atoms with E-state index in [-0.39, 0.29) is 6.04 Å². The summed E-state index contributed by atoms with van der Waals surface area (Å²) in [4.78, 5) is 0. The molecule has 2 heterocycles. The SMILES string of the molecule is Cc1cccc([C@@H]2CCCCCN2S(=O)(=O)c2ccc(Cl)s2)c1. The number of thiophene rings is 1. The average Bonchev–Trinajstić information content (AvgIpc) is 2.81. The lowest BCUT2D eigenvalue weighted by Crippen LogP contribution is -2.34. The van der Waals surface area contributed by atoms with Crippen molar-refractivity contribution in [3.8, 4) is 0 Å². The molecule has 1 fully saturated rings. The first-order chi connectivity index (χ1) is 11.0. The van der Waals surface area contributed by atoms with Gasteiger partial charge in [-0.2, -0.15) is 4.31 Å². The fourth-order valence-corrected chi connectivity index (χ4v) is 6.43. The fraction of sp³-hybridized carbons (Fsp3) is 0.412. The molecule has 6 heteroatoms. The van der Waals surface area contributed by atoms with Crippen LogP contribution in [0.4, 0.5) is 0 Å². The van der Waals surface area contributed by atoms with Gasteiger partial charge in [0.15, 0.2) is 0 Å². The summed E-state index contributed by atoms with van der Waals surface area (Å²) in [5, 5.41) is 0. The molecule has 0 unspecified atom stereocenters. The fourth-order valence-electron chi connectivity index (χ4n) is 3.13. The summed E-state index contributed by atoms with van der Waals surface area (Å²) in [5.41, 5.74) is 2.24. The number of aryl methyl sites for hydroxylation is 1. The third-order valence-corrected chi connectivity index (χ3v) is 7.85. The summed E-state index contributed by atoms with van der Waals surface area (Å²) >= 11 is 7.08. The molecule has 23 heavy (non-hydrogen) atoms. The maximum atomic E-state index is 13.1. The largest absolute Gasteiger partial charge is 0.253 e. The molecule has 124 valence electrons. The Kier molecular flexibility index (Phi) is 5.11. The van der Waals surface area contributed by atoms with E-state index >= 15 is 0 Å². The lowest BCUT2D eigenvalue weighted by Gasteiger charge is -2.29. The van der Waals surface area contributed by atoms with Crippen molar-refractivity contribution in [2.45, 2.75) is 42.9 Å². The standard InChI is InChI=1S/C17H20ClNO2S2/c1-13-6-5-7-14(12-13)15-8-3-2-4-11-19(15)23(20,21)17-10-9-16(18)22-17/h5-7,9-10,12,15H,2-4,8,11H2,1H3/t15-/m0/s1. The molecule has 1 aromatic carbocycles. The Bertz CT molecular complexity index is 785. The van der Waals surface area contributed by atoms with Crippen molar-refractivity contribution in [3.05, 3.63) is 51.9 Å². The van der Waals surface area contributed by atoms with Crippen LogP contribution in [0, 0.1) is 6.92 Å². The molecule has 1 saturated heterocycles. The number of rotatable bonds is 3. The molecule has 3 rings (SSSR count). The molecule has 1 atom stereocenters. The predicted octanol–water partition coefficient (Wildman–Crippen LogP) is 5.02. The first kappa shape index (κ1) is 17.0. The van der Waals surface area contributed by atoms with E-state index < -0.39 is 10.0 Å². The highest BCUT2D eigenvalue weighted by Gasteiger charge is 2.34. The van der Waals surface area contributed by atoms with Crippen LogP contribution in [0.3, 0.4) is 0 Å². The van der Waals surface area contributed by atoms with E-state index in [0.717, 1.165) is 48.1 Å². The Morgan fingerprint density at radius 3 is 2.70 bits per heavy atom. The minimum Gasteiger partial charge on any atom is -0.206 e. The zero-order valence-electron chi connectivity index (χ0n) is 13.0. The van der Waals surface area contributed by atoms with Crippen LogP contribution < -0.4 is 0 Å². The van der Waals surface area contributed by atoms with Crippen LogP contribution in [-0.2, 0) is 10.0 Å². The molecule has 0 bridgehead atoms. The Balaban J connectivity index is 2.02. The molecular formula is C17H20ClNO2S2. The summed E-state index contributed by atoms with van der Waals surface area (Å²) in [7, 11) is -3.51. The lowest BCUT2D eigenvalue weighted by molar-refractivity contribution is 0.329. The van der Waals surface area contributed by atoms with Crippen LogP contribution in [0.1, 0.15) is 42.9 Å². The van der Waals surface area contributed by atoms with Crippen molar-refractivity contribution < 1.29 is 8.42 Å². The number of sulfonamides is 1. The number of halogens is 1. The first-order valence-corrected chi connectivity index (χ1v) is 10.5. The van der Waals surface area contributed by atoms with Gasteiger partial charge in [-0.25, -0.2) is 8.42 Å². The number of benzene rings is 1. The summed E-state index contributed by atoms with van der Waals surface area (Å²) < 4.78 is 28.7. The van der Waals surface area contributed by atoms with E-state index in [1.165, 1.54) is 0 Å². The molecule has 0 saturated carbocycles. The highest BCUT2D eigenvalue weighted by atomic mass is 35.5. The van der Waals surface area contributed by atoms with Crippen LogP contribution >= 0.6 is 22.9 Å². The quantitative estimate of drug-likeness (QED) is 0.762. The van der Waals surface area contributed by atoms with Gasteiger partial charge in [0.2, 0.25) is 0 Å². The van der Waals surface area contributed by atoms with Gasteiger partial charge in [0.05, 0.1) is 10.4 Å². The Hall–Kier alpha value is -0.880. The van der Waals surface area contributed by atoms with Gasteiger partial charge in [0, 0.05) is 6.54 Å². The molecule has 1 aliphatic heterocycles. The van der Waals surface area contributed by atoms with Gasteiger partial charge in [0.25, 0.3) is 10.0 Å². The minimum absolute atomic E-state index is 0.0942. The molecular weight excluding hydrogens is 350 g/mol. The first-order valence-electron chi connectivity index (χ1n) is 7.82. The smallest absolute Gasteiger partial charge is 0.206 e. The third kappa shape index (κ3) is 3.63. The van der Waals surface area contributed by atoms with E-state index in [1.807, 2.05) is 25.1 Å². The van der Waals surface area contributed by atoms with Gasteiger partial charge in [-0.15, -0.1) is 11.3 Å². The lowest BCUT2D eigenvalue weighted by atomic mass is 10.0. The van der Waals surface area contributed by atoms with Gasteiger partial charge in [-0.1, -0.05) is 54.3 Å². The molecule has 1 aromatic heterocycles. The number of nitrogens with zero attached hydrogens (tertiary/aromatic N) is 1. The topological polar surface area (TPSA) is 37.4 Å². The molecule has 2 aromatic rings. The summed E-state index contributed by atoms with van der Waals surface area (Å²) in [6.45, 7) is 2.61. The van der Waals surface area contributed by atoms with Gasteiger partial charge in [0.1, 0.15) is 4.21 Å².